The van der Waals surface area contributed by atoms with Gasteiger partial charge in [0.25, 0.3) is 5.56 Å². The lowest BCUT2D eigenvalue weighted by molar-refractivity contribution is -0.120. The lowest BCUT2D eigenvalue weighted by Crippen LogP contribution is -2.31. The number of thioether (sulfide) groups is 1. The second kappa shape index (κ2) is 9.83. The summed E-state index contributed by atoms with van der Waals surface area (Å²) >= 11 is 1.30. The standard InChI is InChI=1S/C26H25N3O2S/c1-18-12-14-21(15-13-18)17-29-25(31)22-10-6-7-11-23(22)28-26(29)32-19(2)24(30)27-16-20-8-4-3-5-9-20/h3-15,19H,16-17H2,1-2H3,(H,27,30). The molecule has 4 aromatic rings. The molecule has 32 heavy (non-hydrogen) atoms. The van der Waals surface area contributed by atoms with Crippen LogP contribution in [0.1, 0.15) is 23.6 Å². The highest BCUT2D eigenvalue weighted by atomic mass is 32.2. The lowest BCUT2D eigenvalue weighted by atomic mass is 10.1. The minimum atomic E-state index is -0.406. The van der Waals surface area contributed by atoms with Gasteiger partial charge in [-0.2, -0.15) is 0 Å². The fraction of sp³-hybridized carbons (Fsp3) is 0.192. The van der Waals surface area contributed by atoms with Crippen LogP contribution in [0.15, 0.2) is 88.8 Å². The SMILES string of the molecule is Cc1ccc(Cn2c(SC(C)C(=O)NCc3ccccc3)nc3ccccc3c2=O)cc1. The van der Waals surface area contributed by atoms with Crippen molar-refractivity contribution >= 4 is 28.6 Å². The van der Waals surface area contributed by atoms with E-state index in [9.17, 15) is 9.59 Å². The second-order valence-corrected chi connectivity index (χ2v) is 9.06. The van der Waals surface area contributed by atoms with Gasteiger partial charge in [-0.25, -0.2) is 4.98 Å². The number of aryl methyl sites for hydroxylation is 1. The van der Waals surface area contributed by atoms with Gasteiger partial charge in [-0.1, -0.05) is 84.1 Å². The van der Waals surface area contributed by atoms with Crippen molar-refractivity contribution in [3.8, 4) is 0 Å². The van der Waals surface area contributed by atoms with Gasteiger partial charge in [0.1, 0.15) is 0 Å². The number of fused-ring (bicyclic) bond motifs is 1. The Labute approximate surface area is 191 Å². The molecule has 6 heteroatoms. The van der Waals surface area contributed by atoms with E-state index in [1.54, 1.807) is 10.6 Å². The summed E-state index contributed by atoms with van der Waals surface area (Å²) in [5, 5.41) is 3.68. The smallest absolute Gasteiger partial charge is 0.262 e. The van der Waals surface area contributed by atoms with E-state index < -0.39 is 5.25 Å². The van der Waals surface area contributed by atoms with Crippen LogP contribution in [0.25, 0.3) is 10.9 Å². The Bertz CT molecular complexity index is 1280. The number of carbonyl (C=O) groups is 1. The summed E-state index contributed by atoms with van der Waals surface area (Å²) in [5.74, 6) is -0.0943. The molecule has 0 spiro atoms. The van der Waals surface area contributed by atoms with Gasteiger partial charge in [0.05, 0.1) is 22.7 Å². The molecular formula is C26H25N3O2S. The molecule has 0 saturated carbocycles. The van der Waals surface area contributed by atoms with E-state index in [0.29, 0.717) is 29.1 Å². The Morgan fingerprint density at radius 1 is 0.969 bits per heavy atom. The van der Waals surface area contributed by atoms with Crippen molar-refractivity contribution in [3.05, 3.63) is 106 Å². The van der Waals surface area contributed by atoms with E-state index in [2.05, 4.69) is 5.32 Å². The van der Waals surface area contributed by atoms with E-state index in [4.69, 9.17) is 4.98 Å². The van der Waals surface area contributed by atoms with Crippen LogP contribution >= 0.6 is 11.8 Å². The van der Waals surface area contributed by atoms with Gasteiger partial charge in [-0.3, -0.25) is 14.2 Å². The van der Waals surface area contributed by atoms with E-state index >= 15 is 0 Å². The molecule has 0 fully saturated rings. The van der Waals surface area contributed by atoms with Gasteiger partial charge in [-0.15, -0.1) is 0 Å². The summed E-state index contributed by atoms with van der Waals surface area (Å²) in [4.78, 5) is 30.8. The minimum absolute atomic E-state index is 0.0943. The first-order chi connectivity index (χ1) is 15.5. The van der Waals surface area contributed by atoms with E-state index in [1.807, 2.05) is 86.6 Å². The van der Waals surface area contributed by atoms with Gasteiger partial charge < -0.3 is 5.32 Å². The molecule has 1 atom stereocenters. The first kappa shape index (κ1) is 21.8. The van der Waals surface area contributed by atoms with Gasteiger partial charge in [0.2, 0.25) is 5.91 Å². The van der Waals surface area contributed by atoms with Crippen LogP contribution in [0.2, 0.25) is 0 Å². The molecule has 0 aliphatic rings. The van der Waals surface area contributed by atoms with E-state index in [0.717, 1.165) is 16.7 Å². The molecule has 1 unspecified atom stereocenters. The summed E-state index contributed by atoms with van der Waals surface area (Å²) in [6.45, 7) is 4.73. The van der Waals surface area contributed by atoms with Crippen molar-refractivity contribution in [3.63, 3.8) is 0 Å². The highest BCUT2D eigenvalue weighted by Crippen LogP contribution is 2.23. The Morgan fingerprint density at radius 2 is 1.66 bits per heavy atom. The largest absolute Gasteiger partial charge is 0.351 e. The van der Waals surface area contributed by atoms with Crippen LogP contribution in [0.5, 0.6) is 0 Å². The molecule has 162 valence electrons. The molecule has 1 N–H and O–H groups in total. The summed E-state index contributed by atoms with van der Waals surface area (Å²) in [6, 6.07) is 25.2. The van der Waals surface area contributed by atoms with Gasteiger partial charge >= 0.3 is 0 Å². The normalized spacial score (nSPS) is 11.9. The molecule has 3 aromatic carbocycles. The first-order valence-corrected chi connectivity index (χ1v) is 11.4. The average Bonchev–Trinajstić information content (AvgIpc) is 2.82. The molecule has 0 radical (unpaired) electrons. The van der Waals surface area contributed by atoms with Crippen molar-refractivity contribution in [1.29, 1.82) is 0 Å². The van der Waals surface area contributed by atoms with Crippen molar-refractivity contribution < 1.29 is 4.79 Å². The maximum atomic E-state index is 13.3. The highest BCUT2D eigenvalue weighted by Gasteiger charge is 2.19. The maximum Gasteiger partial charge on any atom is 0.262 e. The topological polar surface area (TPSA) is 64.0 Å². The number of nitrogens with one attached hydrogen (secondary N) is 1. The van der Waals surface area contributed by atoms with Crippen molar-refractivity contribution in [2.24, 2.45) is 0 Å². The monoisotopic (exact) mass is 443 g/mol. The number of rotatable bonds is 7. The Hall–Kier alpha value is -3.38. The quantitative estimate of drug-likeness (QED) is 0.336. The molecule has 1 heterocycles. The molecule has 1 aromatic heterocycles. The number of benzene rings is 3. The third-order valence-electron chi connectivity index (χ3n) is 5.25. The molecule has 0 aliphatic heterocycles. The predicted molar refractivity (Wildman–Crippen MR) is 130 cm³/mol. The van der Waals surface area contributed by atoms with Crippen LogP contribution in [0.3, 0.4) is 0 Å². The Kier molecular flexibility index (Phi) is 6.71. The molecule has 1 amide bonds. The molecule has 0 aliphatic carbocycles. The van der Waals surface area contributed by atoms with Crippen molar-refractivity contribution in [1.82, 2.24) is 14.9 Å². The first-order valence-electron chi connectivity index (χ1n) is 10.5. The average molecular weight is 444 g/mol. The minimum Gasteiger partial charge on any atom is -0.351 e. The van der Waals surface area contributed by atoms with E-state index in [-0.39, 0.29) is 11.5 Å². The summed E-state index contributed by atoms with van der Waals surface area (Å²) < 4.78 is 1.67. The van der Waals surface area contributed by atoms with E-state index in [1.165, 1.54) is 11.8 Å². The lowest BCUT2D eigenvalue weighted by Gasteiger charge is -2.16. The third-order valence-corrected chi connectivity index (χ3v) is 6.34. The summed E-state index contributed by atoms with van der Waals surface area (Å²) in [5.41, 5.74) is 3.75. The second-order valence-electron chi connectivity index (χ2n) is 7.75. The molecule has 0 saturated heterocycles. The van der Waals surface area contributed by atoms with Crippen LogP contribution in [-0.2, 0) is 17.9 Å². The fourth-order valence-electron chi connectivity index (χ4n) is 3.39. The molecule has 0 bridgehead atoms. The van der Waals surface area contributed by atoms with Crippen LogP contribution in [0, 0.1) is 6.92 Å². The number of para-hydroxylation sites is 1. The highest BCUT2D eigenvalue weighted by molar-refractivity contribution is 8.00. The molecular weight excluding hydrogens is 418 g/mol. The number of aromatic nitrogens is 2. The number of nitrogens with zero attached hydrogens (tertiary/aromatic N) is 2. The van der Waals surface area contributed by atoms with Crippen LogP contribution in [0.4, 0.5) is 0 Å². The third kappa shape index (κ3) is 5.08. The summed E-state index contributed by atoms with van der Waals surface area (Å²) in [7, 11) is 0. The molecule has 4 rings (SSSR count). The fourth-order valence-corrected chi connectivity index (χ4v) is 4.33. The Morgan fingerprint density at radius 3 is 2.41 bits per heavy atom. The number of hydrogen-bond donors (Lipinski definition) is 1. The van der Waals surface area contributed by atoms with Gasteiger partial charge in [-0.05, 0) is 37.1 Å². The number of hydrogen-bond acceptors (Lipinski definition) is 4. The number of amides is 1. The van der Waals surface area contributed by atoms with Gasteiger partial charge in [0, 0.05) is 6.54 Å². The van der Waals surface area contributed by atoms with Gasteiger partial charge in [0.15, 0.2) is 5.16 Å². The van der Waals surface area contributed by atoms with Crippen molar-refractivity contribution in [2.75, 3.05) is 0 Å². The van der Waals surface area contributed by atoms with Crippen LogP contribution < -0.4 is 10.9 Å². The zero-order chi connectivity index (χ0) is 22.5. The predicted octanol–water partition coefficient (Wildman–Crippen LogP) is 4.55. The zero-order valence-corrected chi connectivity index (χ0v) is 18.9. The summed E-state index contributed by atoms with van der Waals surface area (Å²) in [6.07, 6.45) is 0. The Balaban J connectivity index is 1.60. The van der Waals surface area contributed by atoms with Crippen molar-refractivity contribution in [2.45, 2.75) is 37.3 Å². The zero-order valence-electron chi connectivity index (χ0n) is 18.1. The molecule has 5 nitrogen and oxygen atoms in total. The maximum absolute atomic E-state index is 13.3. The number of carbonyl (C=O) groups excluding carboxylic acids is 1. The van der Waals surface area contributed by atoms with Crippen LogP contribution in [-0.4, -0.2) is 20.7 Å².